The fourth-order valence-electron chi connectivity index (χ4n) is 3.42. The molecule has 1 heterocycles. The summed E-state index contributed by atoms with van der Waals surface area (Å²) in [6, 6.07) is 15.2. The number of nitrogens with zero attached hydrogens (tertiary/aromatic N) is 2. The van der Waals surface area contributed by atoms with Gasteiger partial charge in [0, 0.05) is 39.0 Å². The van der Waals surface area contributed by atoms with Crippen LogP contribution in [0, 0.1) is 0 Å². The first-order chi connectivity index (χ1) is 13.9. The van der Waals surface area contributed by atoms with E-state index in [4.69, 9.17) is 4.74 Å². The third-order valence-electron chi connectivity index (χ3n) is 4.99. The van der Waals surface area contributed by atoms with Crippen LogP contribution in [0.1, 0.15) is 12.0 Å². The quantitative estimate of drug-likeness (QED) is 0.331. The predicted molar refractivity (Wildman–Crippen MR) is 132 cm³/mol. The highest BCUT2D eigenvalue weighted by atomic mass is 127. The minimum Gasteiger partial charge on any atom is -0.495 e. The van der Waals surface area contributed by atoms with Gasteiger partial charge in [-0.25, -0.2) is 8.42 Å². The van der Waals surface area contributed by atoms with Gasteiger partial charge in [0.25, 0.3) is 0 Å². The number of sulfone groups is 1. The van der Waals surface area contributed by atoms with E-state index in [1.165, 1.54) is 6.26 Å². The smallest absolute Gasteiger partial charge is 0.191 e. The van der Waals surface area contributed by atoms with E-state index in [0.29, 0.717) is 11.4 Å². The minimum absolute atomic E-state index is 0. The van der Waals surface area contributed by atoms with Gasteiger partial charge in [0.2, 0.25) is 0 Å². The number of ether oxygens (including phenoxy) is 1. The maximum atomic E-state index is 11.6. The van der Waals surface area contributed by atoms with Crippen LogP contribution in [0.4, 0.5) is 5.69 Å². The van der Waals surface area contributed by atoms with Gasteiger partial charge in [-0.05, 0) is 36.2 Å². The van der Waals surface area contributed by atoms with E-state index in [9.17, 15) is 8.42 Å². The van der Waals surface area contributed by atoms with Crippen molar-refractivity contribution in [2.75, 3.05) is 38.4 Å². The standard InChI is InChI=1S/C21H28N4O3S.HI/c1-22-21(23-14-16-8-10-18(11-9-16)29(3,26)27)24-17-12-13-25(15-17)19-6-4-5-7-20(19)28-2;/h4-11,17H,12-15H2,1-3H3,(H2,22,23,24);1H. The number of aliphatic imine (C=N–C) groups is 1. The number of benzene rings is 2. The number of rotatable bonds is 6. The van der Waals surface area contributed by atoms with Gasteiger partial charge >= 0.3 is 0 Å². The summed E-state index contributed by atoms with van der Waals surface area (Å²) in [6.45, 7) is 2.37. The van der Waals surface area contributed by atoms with Crippen LogP contribution in [-0.2, 0) is 16.4 Å². The number of guanidine groups is 1. The Morgan fingerprint density at radius 3 is 2.53 bits per heavy atom. The molecule has 0 bridgehead atoms. The SMILES string of the molecule is CN=C(NCc1ccc(S(C)(=O)=O)cc1)NC1CCN(c2ccccc2OC)C1.I. The highest BCUT2D eigenvalue weighted by molar-refractivity contribution is 14.0. The Balaban J connectivity index is 0.00000320. The van der Waals surface area contributed by atoms with Crippen LogP contribution < -0.4 is 20.3 Å². The Labute approximate surface area is 195 Å². The van der Waals surface area contributed by atoms with Crippen LogP contribution in [0.25, 0.3) is 0 Å². The van der Waals surface area contributed by atoms with Gasteiger partial charge in [0.1, 0.15) is 5.75 Å². The second-order valence-corrected chi connectivity index (χ2v) is 9.11. The molecule has 1 unspecified atom stereocenters. The third kappa shape index (κ3) is 6.24. The maximum Gasteiger partial charge on any atom is 0.191 e. The molecule has 2 N–H and O–H groups in total. The largest absolute Gasteiger partial charge is 0.495 e. The lowest BCUT2D eigenvalue weighted by molar-refractivity contribution is 0.415. The minimum atomic E-state index is -3.17. The van der Waals surface area contributed by atoms with Crippen LogP contribution >= 0.6 is 24.0 Å². The summed E-state index contributed by atoms with van der Waals surface area (Å²) in [6.07, 6.45) is 2.21. The Morgan fingerprint density at radius 2 is 1.90 bits per heavy atom. The fourth-order valence-corrected chi connectivity index (χ4v) is 4.05. The van der Waals surface area contributed by atoms with Gasteiger partial charge in [-0.3, -0.25) is 4.99 Å². The van der Waals surface area contributed by atoms with Gasteiger partial charge in [-0.2, -0.15) is 0 Å². The number of methoxy groups -OCH3 is 1. The van der Waals surface area contributed by atoms with Gasteiger partial charge in [-0.15, -0.1) is 24.0 Å². The van der Waals surface area contributed by atoms with Crippen molar-refractivity contribution in [3.8, 4) is 5.75 Å². The number of nitrogens with one attached hydrogen (secondary N) is 2. The molecular formula is C21H29IN4O3S. The van der Waals surface area contributed by atoms with Crippen molar-refractivity contribution in [1.82, 2.24) is 10.6 Å². The molecule has 2 aromatic rings. The second-order valence-electron chi connectivity index (χ2n) is 7.09. The first kappa shape index (κ1) is 24.3. The van der Waals surface area contributed by atoms with Crippen molar-refractivity contribution in [3.05, 3.63) is 54.1 Å². The van der Waals surface area contributed by atoms with Gasteiger partial charge < -0.3 is 20.3 Å². The lowest BCUT2D eigenvalue weighted by atomic mass is 10.2. The number of anilines is 1. The third-order valence-corrected chi connectivity index (χ3v) is 6.12. The van der Waals surface area contributed by atoms with Crippen molar-refractivity contribution < 1.29 is 13.2 Å². The summed E-state index contributed by atoms with van der Waals surface area (Å²) in [7, 11) is 0.264. The number of para-hydroxylation sites is 2. The van der Waals surface area contributed by atoms with Crippen molar-refractivity contribution in [2.45, 2.75) is 23.9 Å². The molecule has 0 spiro atoms. The Hall–Kier alpha value is -2.01. The van der Waals surface area contributed by atoms with E-state index in [2.05, 4.69) is 26.6 Å². The molecule has 0 aliphatic carbocycles. The molecule has 9 heteroatoms. The first-order valence-electron chi connectivity index (χ1n) is 9.55. The van der Waals surface area contributed by atoms with Crippen molar-refractivity contribution >= 4 is 45.5 Å². The molecule has 164 valence electrons. The van der Waals surface area contributed by atoms with E-state index >= 15 is 0 Å². The summed E-state index contributed by atoms with van der Waals surface area (Å²) in [5.74, 6) is 1.61. The molecule has 0 aromatic heterocycles. The summed E-state index contributed by atoms with van der Waals surface area (Å²) in [5, 5.41) is 6.76. The van der Waals surface area contributed by atoms with Crippen molar-refractivity contribution in [2.24, 2.45) is 4.99 Å². The first-order valence-corrected chi connectivity index (χ1v) is 11.4. The van der Waals surface area contributed by atoms with Gasteiger partial charge in [0.15, 0.2) is 15.8 Å². The zero-order valence-electron chi connectivity index (χ0n) is 17.5. The summed E-state index contributed by atoms with van der Waals surface area (Å²) in [4.78, 5) is 6.95. The van der Waals surface area contributed by atoms with Crippen LogP contribution in [-0.4, -0.2) is 53.9 Å². The topological polar surface area (TPSA) is 83.0 Å². The molecule has 0 amide bonds. The van der Waals surface area contributed by atoms with E-state index in [1.807, 2.05) is 30.3 Å². The van der Waals surface area contributed by atoms with Crippen LogP contribution in [0.15, 0.2) is 58.4 Å². The molecule has 7 nitrogen and oxygen atoms in total. The van der Waals surface area contributed by atoms with Gasteiger partial charge in [0.05, 0.1) is 17.7 Å². The molecule has 1 saturated heterocycles. The highest BCUT2D eigenvalue weighted by Crippen LogP contribution is 2.30. The zero-order chi connectivity index (χ0) is 20.9. The summed E-state index contributed by atoms with van der Waals surface area (Å²) in [5.41, 5.74) is 2.09. The van der Waals surface area contributed by atoms with Crippen LogP contribution in [0.5, 0.6) is 5.75 Å². The number of hydrogen-bond donors (Lipinski definition) is 2. The van der Waals surface area contributed by atoms with E-state index < -0.39 is 9.84 Å². The molecule has 1 aliphatic heterocycles. The molecule has 2 aromatic carbocycles. The fraction of sp³-hybridized carbons (Fsp3) is 0.381. The van der Waals surface area contributed by atoms with E-state index in [1.54, 1.807) is 26.3 Å². The Kier molecular flexibility index (Phi) is 8.78. The summed E-state index contributed by atoms with van der Waals surface area (Å²) < 4.78 is 28.6. The lowest BCUT2D eigenvalue weighted by Crippen LogP contribution is -2.44. The molecule has 1 atom stereocenters. The Morgan fingerprint density at radius 1 is 1.20 bits per heavy atom. The average molecular weight is 544 g/mol. The lowest BCUT2D eigenvalue weighted by Gasteiger charge is -2.22. The van der Waals surface area contributed by atoms with Crippen LogP contribution in [0.3, 0.4) is 0 Å². The number of hydrogen-bond acceptors (Lipinski definition) is 5. The number of halogens is 1. The van der Waals surface area contributed by atoms with Crippen LogP contribution in [0.2, 0.25) is 0 Å². The van der Waals surface area contributed by atoms with Crippen molar-refractivity contribution in [1.29, 1.82) is 0 Å². The molecule has 0 radical (unpaired) electrons. The molecule has 30 heavy (non-hydrogen) atoms. The second kappa shape index (κ2) is 10.9. The maximum absolute atomic E-state index is 11.6. The molecule has 3 rings (SSSR count). The molecule has 1 fully saturated rings. The van der Waals surface area contributed by atoms with Gasteiger partial charge in [-0.1, -0.05) is 24.3 Å². The predicted octanol–water partition coefficient (Wildman–Crippen LogP) is 2.66. The highest BCUT2D eigenvalue weighted by Gasteiger charge is 2.25. The van der Waals surface area contributed by atoms with Crippen molar-refractivity contribution in [3.63, 3.8) is 0 Å². The van der Waals surface area contributed by atoms with E-state index in [0.717, 1.165) is 42.5 Å². The monoisotopic (exact) mass is 544 g/mol. The normalized spacial score (nSPS) is 16.7. The average Bonchev–Trinajstić information content (AvgIpc) is 3.19. The Bertz CT molecular complexity index is 964. The zero-order valence-corrected chi connectivity index (χ0v) is 20.6. The van der Waals surface area contributed by atoms with E-state index in [-0.39, 0.29) is 30.0 Å². The molecular weight excluding hydrogens is 515 g/mol. The molecule has 1 aliphatic rings. The summed E-state index contributed by atoms with van der Waals surface area (Å²) >= 11 is 0. The molecule has 0 saturated carbocycles.